The predicted molar refractivity (Wildman–Crippen MR) is 74.0 cm³/mol. The molecule has 96 valence electrons. The fraction of sp³-hybridized carbons (Fsp3) is 0.800. The first-order chi connectivity index (χ1) is 7.78. The number of hydrogen-bond acceptors (Lipinski definition) is 2. The maximum atomic E-state index is 6.21. The van der Waals surface area contributed by atoms with Gasteiger partial charge in [-0.15, -0.1) is 0 Å². The molecule has 17 heavy (non-hydrogen) atoms. The molecule has 0 aromatic heterocycles. The van der Waals surface area contributed by atoms with E-state index in [1.807, 2.05) is 12.3 Å². The summed E-state index contributed by atoms with van der Waals surface area (Å²) in [6.07, 6.45) is 7.76. The average molecular weight is 234 g/mol. The Morgan fingerprint density at radius 1 is 1.35 bits per heavy atom. The summed E-state index contributed by atoms with van der Waals surface area (Å²) in [7, 11) is 1.79. The average Bonchev–Trinajstić information content (AvgIpc) is 2.23. The van der Waals surface area contributed by atoms with E-state index in [2.05, 4.69) is 32.7 Å². The molecule has 2 aliphatic carbocycles. The number of nitrogens with two attached hydrogens (primary N) is 1. The Bertz CT molecular complexity index is 375. The van der Waals surface area contributed by atoms with Crippen molar-refractivity contribution >= 4 is 6.21 Å². The minimum Gasteiger partial charge on any atom is -0.402 e. The second-order valence-electron chi connectivity index (χ2n) is 7.08. The van der Waals surface area contributed by atoms with Gasteiger partial charge in [0.05, 0.1) is 0 Å². The van der Waals surface area contributed by atoms with Gasteiger partial charge in [-0.25, -0.2) is 0 Å². The standard InChI is InChI=1S/C15H26N2/c1-13(2,3)15-8-7-14(15,4)11(10-15)12(16)6-9-17-5/h6,9,11H,7-8,10,16H2,1-5H3. The summed E-state index contributed by atoms with van der Waals surface area (Å²) in [5.41, 5.74) is 8.58. The van der Waals surface area contributed by atoms with E-state index in [0.29, 0.717) is 22.2 Å². The van der Waals surface area contributed by atoms with Gasteiger partial charge in [-0.3, -0.25) is 4.99 Å². The molecule has 3 atom stereocenters. The number of nitrogens with zero attached hydrogens (tertiary/aromatic N) is 1. The van der Waals surface area contributed by atoms with Crippen LogP contribution < -0.4 is 5.73 Å². The van der Waals surface area contributed by atoms with Crippen molar-refractivity contribution in [3.63, 3.8) is 0 Å². The van der Waals surface area contributed by atoms with Crippen LogP contribution in [0.3, 0.4) is 0 Å². The first kappa shape index (κ1) is 12.7. The SMILES string of the molecule is CN=CC=C(N)C1CC2(C(C)(C)C)CCC12C. The Hall–Kier alpha value is -0.790. The van der Waals surface area contributed by atoms with Crippen LogP contribution in [0.4, 0.5) is 0 Å². The summed E-state index contributed by atoms with van der Waals surface area (Å²) in [6.45, 7) is 9.58. The Kier molecular flexibility index (Phi) is 2.68. The largest absolute Gasteiger partial charge is 0.402 e. The molecular weight excluding hydrogens is 208 g/mol. The van der Waals surface area contributed by atoms with E-state index in [1.165, 1.54) is 19.3 Å². The van der Waals surface area contributed by atoms with Crippen LogP contribution in [0.15, 0.2) is 16.8 Å². The predicted octanol–water partition coefficient (Wildman–Crippen LogP) is 3.38. The van der Waals surface area contributed by atoms with E-state index in [9.17, 15) is 0 Å². The second kappa shape index (κ2) is 3.60. The highest BCUT2D eigenvalue weighted by atomic mass is 14.8. The smallest absolute Gasteiger partial charge is 0.0277 e. The molecule has 0 aromatic rings. The number of fused-ring (bicyclic) bond motifs is 1. The summed E-state index contributed by atoms with van der Waals surface area (Å²) in [5.74, 6) is 0.563. The van der Waals surface area contributed by atoms with E-state index in [4.69, 9.17) is 5.73 Å². The monoisotopic (exact) mass is 234 g/mol. The number of allylic oxidation sites excluding steroid dienone is 2. The fourth-order valence-electron chi connectivity index (χ4n) is 4.41. The quantitative estimate of drug-likeness (QED) is 0.731. The lowest BCUT2D eigenvalue weighted by Crippen LogP contribution is -2.69. The molecule has 2 nitrogen and oxygen atoms in total. The van der Waals surface area contributed by atoms with Crippen molar-refractivity contribution in [2.75, 3.05) is 7.05 Å². The van der Waals surface area contributed by atoms with E-state index >= 15 is 0 Å². The van der Waals surface area contributed by atoms with Gasteiger partial charge in [-0.2, -0.15) is 0 Å². The van der Waals surface area contributed by atoms with E-state index in [0.717, 1.165) is 5.70 Å². The van der Waals surface area contributed by atoms with Gasteiger partial charge in [0.2, 0.25) is 0 Å². The van der Waals surface area contributed by atoms with Crippen molar-refractivity contribution in [1.29, 1.82) is 0 Å². The zero-order chi connectivity index (χ0) is 12.9. The fourth-order valence-corrected chi connectivity index (χ4v) is 4.41. The molecule has 2 heteroatoms. The summed E-state index contributed by atoms with van der Waals surface area (Å²) in [4.78, 5) is 3.99. The van der Waals surface area contributed by atoms with E-state index in [1.54, 1.807) is 7.05 Å². The molecule has 0 radical (unpaired) electrons. The Morgan fingerprint density at radius 3 is 2.35 bits per heavy atom. The maximum Gasteiger partial charge on any atom is 0.0277 e. The normalized spacial score (nSPS) is 41.9. The topological polar surface area (TPSA) is 38.4 Å². The van der Waals surface area contributed by atoms with Crippen molar-refractivity contribution in [2.45, 2.75) is 47.0 Å². The molecule has 0 aliphatic heterocycles. The van der Waals surface area contributed by atoms with Gasteiger partial charge in [0.25, 0.3) is 0 Å². The Labute approximate surface area is 105 Å². The highest BCUT2D eigenvalue weighted by molar-refractivity contribution is 5.72. The molecule has 0 aromatic carbocycles. The van der Waals surface area contributed by atoms with Gasteiger partial charge < -0.3 is 5.73 Å². The van der Waals surface area contributed by atoms with Gasteiger partial charge in [0, 0.05) is 24.9 Å². The molecule has 0 amide bonds. The van der Waals surface area contributed by atoms with Crippen LogP contribution in [0.5, 0.6) is 0 Å². The molecule has 0 saturated heterocycles. The second-order valence-corrected chi connectivity index (χ2v) is 7.08. The van der Waals surface area contributed by atoms with E-state index < -0.39 is 0 Å². The third-order valence-corrected chi connectivity index (χ3v) is 5.74. The van der Waals surface area contributed by atoms with Crippen LogP contribution in [-0.4, -0.2) is 13.3 Å². The molecule has 0 heterocycles. The van der Waals surface area contributed by atoms with Gasteiger partial charge in [-0.05, 0) is 41.6 Å². The first-order valence-corrected chi connectivity index (χ1v) is 6.66. The van der Waals surface area contributed by atoms with Gasteiger partial charge in [0.15, 0.2) is 0 Å². The van der Waals surface area contributed by atoms with Crippen molar-refractivity contribution in [3.05, 3.63) is 11.8 Å². The molecule has 2 aliphatic rings. The van der Waals surface area contributed by atoms with Crippen molar-refractivity contribution in [1.82, 2.24) is 0 Å². The highest BCUT2D eigenvalue weighted by Gasteiger charge is 2.72. The highest BCUT2D eigenvalue weighted by Crippen LogP contribution is 2.79. The zero-order valence-corrected chi connectivity index (χ0v) is 11.9. The number of aliphatic imine (C=N–C) groups is 1. The van der Waals surface area contributed by atoms with Crippen LogP contribution in [0, 0.1) is 22.2 Å². The number of hydrogen-bond donors (Lipinski definition) is 1. The summed E-state index contributed by atoms with van der Waals surface area (Å²) in [5, 5.41) is 0. The molecule has 2 N–H and O–H groups in total. The lowest BCUT2D eigenvalue weighted by atomic mass is 9.28. The molecule has 0 spiro atoms. The molecule has 2 saturated carbocycles. The van der Waals surface area contributed by atoms with Crippen LogP contribution in [0.2, 0.25) is 0 Å². The van der Waals surface area contributed by atoms with Gasteiger partial charge in [0.1, 0.15) is 0 Å². The minimum atomic E-state index is 0.398. The molecular formula is C15H26N2. The molecule has 3 unspecified atom stereocenters. The Balaban J connectivity index is 2.20. The lowest BCUT2D eigenvalue weighted by molar-refractivity contribution is -0.263. The maximum absolute atomic E-state index is 6.21. The zero-order valence-electron chi connectivity index (χ0n) is 11.9. The molecule has 0 bridgehead atoms. The van der Waals surface area contributed by atoms with Crippen molar-refractivity contribution in [2.24, 2.45) is 32.9 Å². The van der Waals surface area contributed by atoms with Crippen LogP contribution in [0.25, 0.3) is 0 Å². The van der Waals surface area contributed by atoms with Crippen molar-refractivity contribution in [3.8, 4) is 0 Å². The van der Waals surface area contributed by atoms with Crippen LogP contribution >= 0.6 is 0 Å². The van der Waals surface area contributed by atoms with E-state index in [-0.39, 0.29) is 0 Å². The summed E-state index contributed by atoms with van der Waals surface area (Å²) < 4.78 is 0. The third-order valence-electron chi connectivity index (χ3n) is 5.74. The molecule has 2 rings (SSSR count). The van der Waals surface area contributed by atoms with Crippen LogP contribution in [0.1, 0.15) is 47.0 Å². The third kappa shape index (κ3) is 1.42. The number of rotatable bonds is 2. The minimum absolute atomic E-state index is 0.398. The summed E-state index contributed by atoms with van der Waals surface area (Å²) >= 11 is 0. The van der Waals surface area contributed by atoms with Crippen molar-refractivity contribution < 1.29 is 0 Å². The summed E-state index contributed by atoms with van der Waals surface area (Å²) in [6, 6.07) is 0. The Morgan fingerprint density at radius 2 is 2.00 bits per heavy atom. The lowest BCUT2D eigenvalue weighted by Gasteiger charge is -2.76. The first-order valence-electron chi connectivity index (χ1n) is 6.66. The molecule has 2 fully saturated rings. The van der Waals surface area contributed by atoms with Gasteiger partial charge in [-0.1, -0.05) is 27.7 Å². The van der Waals surface area contributed by atoms with Crippen LogP contribution in [-0.2, 0) is 0 Å². The van der Waals surface area contributed by atoms with Gasteiger partial charge >= 0.3 is 0 Å².